The van der Waals surface area contributed by atoms with E-state index in [2.05, 4.69) is 30.2 Å². The third kappa shape index (κ3) is 40.1. The number of rotatable bonds is 37. The molecule has 13 atom stereocenters. The minimum Gasteiger partial charge on any atom is -0.385 e. The summed E-state index contributed by atoms with van der Waals surface area (Å²) in [4.78, 5) is 75.2. The van der Waals surface area contributed by atoms with Gasteiger partial charge in [0.05, 0.1) is 22.0 Å². The Hall–Kier alpha value is -2.56. The van der Waals surface area contributed by atoms with Gasteiger partial charge in [-0.15, -0.1) is 4.52 Å². The third-order valence-corrected chi connectivity index (χ3v) is 15.9. The molecule has 3 amide bonds. The minimum absolute atomic E-state index is 0.0871. The number of aryl methyl sites for hydroxylation is 1. The van der Waals surface area contributed by atoms with Crippen LogP contribution in [0.3, 0.4) is 0 Å². The molecular formula is C49H90N8O21PSi4V. The quantitative estimate of drug-likeness (QED) is 0.0185. The van der Waals surface area contributed by atoms with Crippen LogP contribution in [0.4, 0.5) is 0 Å². The van der Waals surface area contributed by atoms with Crippen LogP contribution >= 0.6 is 8.25 Å². The number of carbonyl (C=O) groups excluding carboxylic acids is 3. The van der Waals surface area contributed by atoms with Crippen molar-refractivity contribution in [2.24, 2.45) is 9.69 Å². The van der Waals surface area contributed by atoms with Crippen LogP contribution in [0.5, 0.6) is 0 Å². The van der Waals surface area contributed by atoms with Gasteiger partial charge >= 0.3 is 152 Å². The molecule has 4 aliphatic rings. The van der Waals surface area contributed by atoms with Gasteiger partial charge in [-0.25, -0.2) is 4.79 Å². The molecule has 4 aliphatic heterocycles. The first-order valence-electron chi connectivity index (χ1n) is 29.6. The molecule has 0 aliphatic carbocycles. The van der Waals surface area contributed by atoms with Crippen molar-refractivity contribution in [3.05, 3.63) is 28.4 Å². The summed E-state index contributed by atoms with van der Waals surface area (Å²) in [6, 6.07) is 4.47. The van der Waals surface area contributed by atoms with Gasteiger partial charge in [-0.3, -0.25) is 14.2 Å². The van der Waals surface area contributed by atoms with Gasteiger partial charge < -0.3 is 78.7 Å². The van der Waals surface area contributed by atoms with Gasteiger partial charge in [0.2, 0.25) is 11.8 Å². The van der Waals surface area contributed by atoms with Gasteiger partial charge in [-0.05, 0) is 107 Å². The van der Waals surface area contributed by atoms with E-state index in [1.807, 2.05) is 43.4 Å². The van der Waals surface area contributed by atoms with Crippen LogP contribution in [0.15, 0.2) is 21.0 Å². The average molecular weight is 1330 g/mol. The van der Waals surface area contributed by atoms with E-state index in [0.29, 0.717) is 76.4 Å². The van der Waals surface area contributed by atoms with E-state index < -0.39 is 79.5 Å². The van der Waals surface area contributed by atoms with Crippen molar-refractivity contribution in [1.82, 2.24) is 30.8 Å². The standard InChI is InChI=1S/C16H26N3O5P.C10H17N2O5Si.2C9H16NO5Si.C5H15NOSi.V/c1-12-14(24-25(21)22)11-15(23-12)19-10-8-13(18-16(19)20)7-5-3-4-6-9-17-2;11-17-6-9-8(2-4-15-9)16-7-10(13)12-3-1-5-18-14;2*11-8(10-3-1-5-16-13)6-15-7-2-4-14-9(7)12;1-8(2,7)5-3-4-6;/h8,10,12,14-15,17H,3-7,9,11H2,1-2H3;8-9H,1-7H2,(H,12,13);2*7,9,12H,1-6H2,(H,10,11);7H,3-6H2,1-2H3;/i;3*4T;;. The summed E-state index contributed by atoms with van der Waals surface area (Å²) in [6.45, 7) is 6.25. The summed E-state index contributed by atoms with van der Waals surface area (Å²) in [6.07, 6.45) is 5.31. The fourth-order valence-corrected chi connectivity index (χ4v) is 10.1. The van der Waals surface area contributed by atoms with Gasteiger partial charge in [-0.2, -0.15) is 4.98 Å². The third-order valence-electron chi connectivity index (χ3n) is 12.0. The summed E-state index contributed by atoms with van der Waals surface area (Å²) in [5, 5.41) is 29.6. The molecule has 35 heteroatoms. The molecule has 5 heterocycles. The van der Waals surface area contributed by atoms with Crippen LogP contribution in [-0.4, -0.2) is 214 Å². The number of aromatic nitrogens is 2. The molecule has 478 valence electrons. The number of nitrogens with zero attached hydrogens (tertiary/aromatic N) is 3. The van der Waals surface area contributed by atoms with Crippen LogP contribution in [0.1, 0.15) is 100 Å². The Morgan fingerprint density at radius 3 is 1.75 bits per heavy atom. The van der Waals surface area contributed by atoms with E-state index in [4.69, 9.17) is 52.4 Å². The number of amides is 3. The molecule has 4 saturated heterocycles. The van der Waals surface area contributed by atoms with Gasteiger partial charge in [0, 0.05) is 44.2 Å². The second-order valence-corrected chi connectivity index (χ2v) is 27.0. The maximum absolute atomic E-state index is 12.2. The van der Waals surface area contributed by atoms with Gasteiger partial charge in [0.15, 0.2) is 20.9 Å². The summed E-state index contributed by atoms with van der Waals surface area (Å²) in [7, 11) is -3.77. The van der Waals surface area contributed by atoms with E-state index in [1.54, 1.807) is 13.1 Å². The minimum atomic E-state index is -2.94. The zero-order valence-corrected chi connectivity index (χ0v) is 54.8. The number of hydrogen-bond donors (Lipinski definition) is 8. The van der Waals surface area contributed by atoms with Gasteiger partial charge in [0.1, 0.15) is 37.8 Å². The van der Waals surface area contributed by atoms with Crippen LogP contribution < -0.4 is 37.6 Å². The monoisotopic (exact) mass is 1330 g/mol. The molecule has 13 unspecified atom stereocenters. The predicted molar refractivity (Wildman–Crippen MR) is 301 cm³/mol. The first-order chi connectivity index (χ1) is 41.5. The maximum atomic E-state index is 12.2. The molecule has 1 aromatic rings. The molecule has 9 N–H and O–H groups in total. The second-order valence-electron chi connectivity index (χ2n) is 19.6. The Kier molecular flexibility index (Phi) is 44.3. The Morgan fingerprint density at radius 1 is 0.821 bits per heavy atom. The maximum Gasteiger partial charge on any atom is 0.325 e. The van der Waals surface area contributed by atoms with Crippen LogP contribution in [0.25, 0.3) is 0 Å². The molecule has 0 aromatic carbocycles. The Bertz CT molecular complexity index is 2140. The van der Waals surface area contributed by atoms with E-state index in [1.165, 1.54) is 4.57 Å². The van der Waals surface area contributed by atoms with Crippen molar-refractivity contribution in [1.29, 1.82) is 0 Å². The number of nitrogens with two attached hydrogens (primary N) is 1. The van der Waals surface area contributed by atoms with Crippen LogP contribution in [-0.2, 0) is 98.5 Å². The summed E-state index contributed by atoms with van der Waals surface area (Å²) >= 11 is 1.93. The number of aliphatic hydroxyl groups is 2. The number of unbranched alkanes of at least 4 members (excludes halogenated alkanes) is 3. The van der Waals surface area contributed by atoms with E-state index in [0.717, 1.165) is 56.8 Å². The van der Waals surface area contributed by atoms with Crippen molar-refractivity contribution in [2.75, 3.05) is 85.9 Å². The average Bonchev–Trinajstić information content (AvgIpc) is 3.02. The first-order valence-corrected chi connectivity index (χ1v) is 36.1. The van der Waals surface area contributed by atoms with Crippen molar-refractivity contribution in [2.45, 2.75) is 183 Å². The van der Waals surface area contributed by atoms with Gasteiger partial charge in [-0.1, -0.05) is 12.8 Å². The fraction of sp³-hybridized carbons (Fsp3) is 0.857. The van der Waals surface area contributed by atoms with Crippen molar-refractivity contribution in [3.8, 4) is 0 Å². The Balaban J connectivity index is 0.000000562. The van der Waals surface area contributed by atoms with Gasteiger partial charge in [0.25, 0.3) is 0 Å². The Labute approximate surface area is 514 Å². The number of aliphatic hydroxyl groups excluding tert-OH is 2. The molecule has 84 heavy (non-hydrogen) atoms. The summed E-state index contributed by atoms with van der Waals surface area (Å²) in [5.41, 5.74) is 5.64. The zero-order chi connectivity index (χ0) is 65.0. The largest absolute Gasteiger partial charge is 0.385 e. The molecule has 5 rings (SSSR count). The smallest absolute Gasteiger partial charge is 0.325 e. The molecule has 0 bridgehead atoms. The fourth-order valence-electron chi connectivity index (χ4n) is 7.52. The molecule has 4 fully saturated rings. The van der Waals surface area contributed by atoms with Crippen molar-refractivity contribution in [3.63, 3.8) is 0 Å². The molecule has 0 saturated carbocycles. The van der Waals surface area contributed by atoms with E-state index >= 15 is 0 Å². The normalized spacial score (nSPS) is 25.6. The topological polar surface area (TPSA) is 408 Å². The molecule has 1 aromatic heterocycles. The zero-order valence-electron chi connectivity index (χ0n) is 51.5. The SMILES string of the molecule is CNCCCCCCc1ccn(C2CC(O[P+](=O)[O-])C(C)O2)c(=O)n1.C[Si](C)(O)CCCN.[3H]C1CC(OCC(=O)NCCC[Si]=O)C(CO[N]=[V])O1.[3H]C1CC(OCC(=O)NCCC[Si]=O)C(O)O1.[3H]C1CC(OCC(=O)NCCC[Si]=O)C(O)O1. The molecular weight excluding hydrogens is 1230 g/mol. The summed E-state index contributed by atoms with van der Waals surface area (Å²) in [5.74, 6) is -0.816. The van der Waals surface area contributed by atoms with Crippen molar-refractivity contribution >= 4 is 62.5 Å². The number of ether oxygens (including phenoxy) is 7. The van der Waals surface area contributed by atoms with Crippen LogP contribution in [0.2, 0.25) is 37.3 Å². The van der Waals surface area contributed by atoms with Crippen molar-refractivity contribution < 1.29 is 116 Å². The second kappa shape index (κ2) is 50.3. The number of carbonyl (C=O) groups is 3. The number of nitrogens with one attached hydrogen (secondary N) is 4. The first kappa shape index (κ1) is 73.9. The molecule has 0 spiro atoms. The molecule has 3 radical (unpaired) electrons. The Morgan fingerprint density at radius 2 is 1.32 bits per heavy atom. The molecule has 29 nitrogen and oxygen atoms in total. The van der Waals surface area contributed by atoms with E-state index in [9.17, 15) is 57.0 Å². The number of hydrogen-bond acceptors (Lipinski definition) is 25. The predicted octanol–water partition coefficient (Wildman–Crippen LogP) is -0.225. The summed E-state index contributed by atoms with van der Waals surface area (Å²) < 4.78 is 109. The van der Waals surface area contributed by atoms with Crippen LogP contribution in [0, 0.1) is 0 Å². The van der Waals surface area contributed by atoms with E-state index in [-0.39, 0.29) is 103 Å².